The molecular formula is C47H54ClFN10O7. The molecule has 1 unspecified atom stereocenters. The fourth-order valence-corrected chi connectivity index (χ4v) is 10.4. The first-order valence-electron chi connectivity index (χ1n) is 22.7. The van der Waals surface area contributed by atoms with E-state index in [0.717, 1.165) is 67.7 Å². The Bertz CT molecular complexity index is 2670. The summed E-state index contributed by atoms with van der Waals surface area (Å²) in [5.41, 5.74) is 0.864. The minimum Gasteiger partial charge on any atom is -0.478 e. The number of halogens is 2. The predicted octanol–water partition coefficient (Wildman–Crippen LogP) is 4.99. The molecule has 4 aromatic rings. The zero-order valence-corrected chi connectivity index (χ0v) is 38.1. The summed E-state index contributed by atoms with van der Waals surface area (Å²) in [4.78, 5) is 93.4. The summed E-state index contributed by atoms with van der Waals surface area (Å²) >= 11 is 6.63. The van der Waals surface area contributed by atoms with Crippen molar-refractivity contribution in [1.82, 2.24) is 35.0 Å². The van der Waals surface area contributed by atoms with Crippen LogP contribution in [0.2, 0.25) is 5.02 Å². The summed E-state index contributed by atoms with van der Waals surface area (Å²) in [7, 11) is 1.51. The summed E-state index contributed by atoms with van der Waals surface area (Å²) in [6.07, 6.45) is 6.14. The number of amides is 5. The average Bonchev–Trinajstić information content (AvgIpc) is 3.56. The topological polar surface area (TPSA) is 191 Å². The molecule has 9 rings (SSSR count). The van der Waals surface area contributed by atoms with Crippen LogP contribution in [0.4, 0.5) is 27.5 Å². The number of anilines is 4. The highest BCUT2D eigenvalue weighted by molar-refractivity contribution is 6.33. The Balaban J connectivity index is 0.785. The van der Waals surface area contributed by atoms with Crippen LogP contribution in [0, 0.1) is 5.41 Å². The Morgan fingerprint density at radius 3 is 2.35 bits per heavy atom. The zero-order chi connectivity index (χ0) is 46.5. The first kappa shape index (κ1) is 45.0. The number of pyridine rings is 1. The van der Waals surface area contributed by atoms with E-state index >= 15 is 4.39 Å². The van der Waals surface area contributed by atoms with Crippen molar-refractivity contribution in [3.8, 4) is 5.75 Å². The van der Waals surface area contributed by atoms with E-state index in [1.54, 1.807) is 35.0 Å². The molecule has 3 N–H and O–H groups in total. The molecule has 5 aliphatic rings. The number of hydrogen-bond donors (Lipinski definition) is 3. The maximum absolute atomic E-state index is 16.6. The van der Waals surface area contributed by atoms with Crippen molar-refractivity contribution >= 4 is 75.2 Å². The summed E-state index contributed by atoms with van der Waals surface area (Å²) in [5.74, 6) is -1.45. The van der Waals surface area contributed by atoms with E-state index in [9.17, 15) is 28.8 Å². The summed E-state index contributed by atoms with van der Waals surface area (Å²) < 4.78 is 23.8. The van der Waals surface area contributed by atoms with Crippen LogP contribution in [-0.2, 0) is 14.4 Å². The van der Waals surface area contributed by atoms with Gasteiger partial charge in [-0.25, -0.2) is 9.37 Å². The Morgan fingerprint density at radius 2 is 1.65 bits per heavy atom. The molecule has 0 saturated carbocycles. The number of ether oxygens (including phenoxy) is 1. The number of piperidine rings is 4. The minimum absolute atomic E-state index is 0.0448. The maximum atomic E-state index is 16.6. The van der Waals surface area contributed by atoms with Crippen molar-refractivity contribution in [2.75, 3.05) is 74.6 Å². The molecule has 5 aliphatic heterocycles. The van der Waals surface area contributed by atoms with Crippen LogP contribution in [0.15, 0.2) is 53.5 Å². The van der Waals surface area contributed by atoms with Gasteiger partial charge in [0.05, 0.1) is 28.5 Å². The number of rotatable bonds is 11. The van der Waals surface area contributed by atoms with Crippen LogP contribution < -0.4 is 36.0 Å². The van der Waals surface area contributed by atoms with E-state index in [1.807, 2.05) is 36.9 Å². The van der Waals surface area contributed by atoms with Gasteiger partial charge in [0.2, 0.25) is 17.8 Å². The predicted molar refractivity (Wildman–Crippen MR) is 246 cm³/mol. The number of imide groups is 2. The Kier molecular flexibility index (Phi) is 12.2. The van der Waals surface area contributed by atoms with E-state index in [4.69, 9.17) is 21.3 Å². The number of carbonyl (C=O) groups is 5. The third-order valence-corrected chi connectivity index (χ3v) is 14.4. The van der Waals surface area contributed by atoms with Gasteiger partial charge in [-0.15, -0.1) is 0 Å². The normalized spacial score (nSPS) is 20.8. The number of likely N-dealkylation sites (N-methyl/N-ethyl adjacent to an activating group) is 1. The molecule has 17 nitrogen and oxygen atoms in total. The van der Waals surface area contributed by atoms with Gasteiger partial charge in [0.15, 0.2) is 18.2 Å². The fraction of sp³-hybridized carbons (Fsp3) is 0.489. The van der Waals surface area contributed by atoms with Crippen molar-refractivity contribution in [2.45, 2.75) is 83.0 Å². The van der Waals surface area contributed by atoms with Gasteiger partial charge in [-0.3, -0.25) is 39.0 Å². The van der Waals surface area contributed by atoms with Gasteiger partial charge < -0.3 is 34.6 Å². The van der Waals surface area contributed by atoms with Crippen molar-refractivity contribution < 1.29 is 33.1 Å². The van der Waals surface area contributed by atoms with Crippen molar-refractivity contribution in [1.29, 1.82) is 0 Å². The number of benzene rings is 2. The monoisotopic (exact) mass is 924 g/mol. The van der Waals surface area contributed by atoms with E-state index in [2.05, 4.69) is 30.7 Å². The molecule has 2 aromatic heterocycles. The second kappa shape index (κ2) is 17.9. The molecular weight excluding hydrogens is 871 g/mol. The molecule has 348 valence electrons. The lowest BCUT2D eigenvalue weighted by atomic mass is 9.71. The molecule has 19 heteroatoms. The SMILES string of the molecule is CNC(=O)COc1cc2cc(Nc3nc(N4CCC5(CCN(CC6(F)CCN(c7cccc8c7C(=O)N(C7CCC(=O)NC7=O)C8=O)CC6)CC5)CC4)ncc3Cl)ccc2n(C(C)C)c1=O. The standard InChI is InChI=1S/C47H54ClFN10O7/c1-28(2)58-33-8-7-30(23-29(33)24-36(43(58)64)66-26-38(61)50-3)52-40-32(48)25-51-45(54-40)57-19-13-46(14-20-57)11-17-55(18-12-46)27-47(49)15-21-56(22-16-47)34-6-4-5-31-39(34)44(65)59(42(31)63)35-9-10-37(60)53-41(35)62/h4-8,23-25,28,35H,9-22,26-27H2,1-3H3,(H,50,61)(H,51,52,54)(H,53,60,62). The Morgan fingerprint density at radius 1 is 0.939 bits per heavy atom. The molecule has 5 amide bonds. The quantitative estimate of drug-likeness (QED) is 0.171. The molecule has 0 aliphatic carbocycles. The van der Waals surface area contributed by atoms with Gasteiger partial charge in [-0.1, -0.05) is 17.7 Å². The minimum atomic E-state index is -1.40. The highest BCUT2D eigenvalue weighted by Gasteiger charge is 2.47. The van der Waals surface area contributed by atoms with Crippen molar-refractivity contribution in [2.24, 2.45) is 5.41 Å². The summed E-state index contributed by atoms with van der Waals surface area (Å²) in [5, 5.41) is 9.15. The molecule has 4 saturated heterocycles. The number of aromatic nitrogens is 3. The van der Waals surface area contributed by atoms with Crippen molar-refractivity contribution in [3.05, 3.63) is 75.2 Å². The molecule has 1 spiro atoms. The van der Waals surface area contributed by atoms with Crippen LogP contribution in [-0.4, -0.2) is 125 Å². The molecule has 1 atom stereocenters. The van der Waals surface area contributed by atoms with Gasteiger partial charge in [0.25, 0.3) is 23.3 Å². The smallest absolute Gasteiger partial charge is 0.293 e. The van der Waals surface area contributed by atoms with Crippen LogP contribution in [0.5, 0.6) is 5.75 Å². The lowest BCUT2D eigenvalue weighted by Crippen LogP contribution is -2.54. The number of alkyl halides is 1. The molecule has 0 radical (unpaired) electrons. The van der Waals surface area contributed by atoms with Gasteiger partial charge in [-0.05, 0) is 101 Å². The highest BCUT2D eigenvalue weighted by Crippen LogP contribution is 2.44. The number of likely N-dealkylation sites (tertiary alicyclic amines) is 1. The third-order valence-electron chi connectivity index (χ3n) is 14.1. The Hall–Kier alpha value is -6.14. The van der Waals surface area contributed by atoms with Gasteiger partial charge in [-0.2, -0.15) is 4.98 Å². The number of hydrogen-bond acceptors (Lipinski definition) is 13. The van der Waals surface area contributed by atoms with Crippen LogP contribution in [0.3, 0.4) is 0 Å². The highest BCUT2D eigenvalue weighted by atomic mass is 35.5. The van der Waals surface area contributed by atoms with Gasteiger partial charge >= 0.3 is 0 Å². The first-order valence-corrected chi connectivity index (χ1v) is 23.1. The largest absolute Gasteiger partial charge is 0.478 e. The lowest BCUT2D eigenvalue weighted by molar-refractivity contribution is -0.136. The number of nitrogens with zero attached hydrogens (tertiary/aromatic N) is 7. The van der Waals surface area contributed by atoms with Crippen molar-refractivity contribution in [3.63, 3.8) is 0 Å². The second-order valence-corrected chi connectivity index (χ2v) is 19.0. The molecule has 7 heterocycles. The molecule has 2 aromatic carbocycles. The van der Waals surface area contributed by atoms with Gasteiger partial charge in [0.1, 0.15) is 16.7 Å². The van der Waals surface area contributed by atoms with E-state index in [1.165, 1.54) is 7.05 Å². The summed E-state index contributed by atoms with van der Waals surface area (Å²) in [6.45, 7) is 7.80. The fourth-order valence-electron chi connectivity index (χ4n) is 10.3. The summed E-state index contributed by atoms with van der Waals surface area (Å²) in [6, 6.07) is 11.1. The van der Waals surface area contributed by atoms with Crippen LogP contribution in [0.1, 0.15) is 92.0 Å². The Labute approximate surface area is 386 Å². The molecule has 4 fully saturated rings. The number of nitrogens with one attached hydrogen (secondary N) is 3. The maximum Gasteiger partial charge on any atom is 0.293 e. The number of carbonyl (C=O) groups excluding carboxylic acids is 5. The van der Waals surface area contributed by atoms with Gasteiger partial charge in [0, 0.05) is 76.1 Å². The lowest BCUT2D eigenvalue weighted by Gasteiger charge is -2.48. The second-order valence-electron chi connectivity index (χ2n) is 18.6. The van der Waals surface area contributed by atoms with E-state index < -0.39 is 35.3 Å². The van der Waals surface area contributed by atoms with E-state index in [-0.39, 0.29) is 72.1 Å². The van der Waals surface area contributed by atoms with Crippen LogP contribution in [0.25, 0.3) is 10.9 Å². The van der Waals surface area contributed by atoms with E-state index in [0.29, 0.717) is 47.8 Å². The first-order chi connectivity index (χ1) is 31.6. The third kappa shape index (κ3) is 8.67. The molecule has 0 bridgehead atoms. The van der Waals surface area contributed by atoms with Crippen LogP contribution >= 0.6 is 11.6 Å². The average molecular weight is 925 g/mol. The molecule has 66 heavy (non-hydrogen) atoms. The zero-order valence-electron chi connectivity index (χ0n) is 37.3. The number of fused-ring (bicyclic) bond motifs is 2.